The van der Waals surface area contributed by atoms with E-state index in [0.717, 1.165) is 24.7 Å². The van der Waals surface area contributed by atoms with Gasteiger partial charge >= 0.3 is 0 Å². The first-order valence-electron chi connectivity index (χ1n) is 9.99. The molecule has 142 valence electrons. The first-order chi connectivity index (χ1) is 11.7. The molecule has 4 heteroatoms. The fourth-order valence-electron chi connectivity index (χ4n) is 4.30. The predicted octanol–water partition coefficient (Wildman–Crippen LogP) is 5.60. The van der Waals surface area contributed by atoms with Gasteiger partial charge in [0.05, 0.1) is 0 Å². The summed E-state index contributed by atoms with van der Waals surface area (Å²) in [6, 6.07) is 0. The topological polar surface area (TPSA) is 69.1 Å². The highest BCUT2D eigenvalue weighted by Crippen LogP contribution is 2.43. The standard InChI is InChI=1S/C11H16N2O2.C10H20/c1-7-9(10(12)14)13-11(15-7)8-5-3-2-4-6-8;1-8-6-5-7-10(3,4)9(8)2/h8H,2-6H2,1H3,(H2,12,14);8-9H,5-7H2,1-4H3. The maximum Gasteiger partial charge on any atom is 0.270 e. The van der Waals surface area contributed by atoms with Crippen molar-refractivity contribution in [3.8, 4) is 0 Å². The van der Waals surface area contributed by atoms with E-state index < -0.39 is 5.91 Å². The maximum absolute atomic E-state index is 11.0. The average molecular weight is 349 g/mol. The number of carbonyl (C=O) groups excluding carboxylic acids is 1. The van der Waals surface area contributed by atoms with Crippen LogP contribution >= 0.6 is 0 Å². The smallest absolute Gasteiger partial charge is 0.270 e. The van der Waals surface area contributed by atoms with Crippen LogP contribution in [0.3, 0.4) is 0 Å². The molecule has 0 aliphatic heterocycles. The number of aromatic nitrogens is 1. The molecule has 2 fully saturated rings. The Morgan fingerprint density at radius 2 is 1.76 bits per heavy atom. The summed E-state index contributed by atoms with van der Waals surface area (Å²) in [5.74, 6) is 2.98. The number of amides is 1. The van der Waals surface area contributed by atoms with Gasteiger partial charge in [-0.25, -0.2) is 4.98 Å². The second kappa shape index (κ2) is 8.37. The zero-order chi connectivity index (χ0) is 18.6. The van der Waals surface area contributed by atoms with Gasteiger partial charge in [-0.1, -0.05) is 59.8 Å². The van der Waals surface area contributed by atoms with Crippen molar-refractivity contribution >= 4 is 5.91 Å². The number of oxazole rings is 1. The van der Waals surface area contributed by atoms with Crippen LogP contribution in [0.15, 0.2) is 4.42 Å². The number of nitrogens with zero attached hydrogens (tertiary/aromatic N) is 1. The van der Waals surface area contributed by atoms with Crippen LogP contribution in [-0.4, -0.2) is 10.9 Å². The second-order valence-corrected chi connectivity index (χ2v) is 8.80. The van der Waals surface area contributed by atoms with Crippen LogP contribution in [0.2, 0.25) is 0 Å². The molecule has 3 rings (SSSR count). The number of aryl methyl sites for hydroxylation is 1. The van der Waals surface area contributed by atoms with E-state index >= 15 is 0 Å². The molecule has 0 bridgehead atoms. The number of carbonyl (C=O) groups is 1. The number of primary amides is 1. The molecule has 25 heavy (non-hydrogen) atoms. The van der Waals surface area contributed by atoms with E-state index in [1.165, 1.54) is 38.5 Å². The summed E-state index contributed by atoms with van der Waals surface area (Å²) in [7, 11) is 0. The molecule has 2 N–H and O–H groups in total. The SMILES string of the molecule is CC1CCCC(C)(C)C1C.Cc1oc(C2CCCCC2)nc1C(N)=O. The van der Waals surface area contributed by atoms with E-state index in [-0.39, 0.29) is 5.69 Å². The van der Waals surface area contributed by atoms with Gasteiger partial charge in [-0.2, -0.15) is 0 Å². The fraction of sp³-hybridized carbons (Fsp3) is 0.810. The molecule has 1 amide bonds. The molecule has 1 aromatic heterocycles. The van der Waals surface area contributed by atoms with E-state index in [4.69, 9.17) is 10.2 Å². The summed E-state index contributed by atoms with van der Waals surface area (Å²) >= 11 is 0. The highest BCUT2D eigenvalue weighted by atomic mass is 16.4. The molecule has 0 radical (unpaired) electrons. The Bertz CT molecular complexity index is 570. The molecule has 2 aliphatic carbocycles. The van der Waals surface area contributed by atoms with Crippen molar-refractivity contribution in [1.82, 2.24) is 4.98 Å². The van der Waals surface area contributed by atoms with Gasteiger partial charge in [-0.3, -0.25) is 4.79 Å². The van der Waals surface area contributed by atoms with Crippen LogP contribution in [0.5, 0.6) is 0 Å². The van der Waals surface area contributed by atoms with Crippen LogP contribution in [0.25, 0.3) is 0 Å². The molecule has 2 unspecified atom stereocenters. The molecule has 2 aliphatic rings. The Morgan fingerprint density at radius 3 is 2.24 bits per heavy atom. The summed E-state index contributed by atoms with van der Waals surface area (Å²) in [5, 5.41) is 0. The highest BCUT2D eigenvalue weighted by molar-refractivity contribution is 5.91. The second-order valence-electron chi connectivity index (χ2n) is 8.80. The molecular formula is C21H36N2O2. The van der Waals surface area contributed by atoms with Crippen molar-refractivity contribution in [1.29, 1.82) is 0 Å². The quantitative estimate of drug-likeness (QED) is 0.756. The normalized spacial score (nSPS) is 26.6. The molecule has 1 heterocycles. The molecule has 0 aromatic carbocycles. The first-order valence-corrected chi connectivity index (χ1v) is 9.99. The van der Waals surface area contributed by atoms with Gasteiger partial charge in [0.15, 0.2) is 11.6 Å². The van der Waals surface area contributed by atoms with Gasteiger partial charge in [-0.15, -0.1) is 0 Å². The minimum atomic E-state index is -0.502. The number of hydrogen-bond acceptors (Lipinski definition) is 3. The minimum Gasteiger partial charge on any atom is -0.445 e. The van der Waals surface area contributed by atoms with Gasteiger partial charge in [-0.05, 0) is 43.4 Å². The largest absolute Gasteiger partial charge is 0.445 e. The molecule has 4 nitrogen and oxygen atoms in total. The average Bonchev–Trinajstić information content (AvgIpc) is 2.96. The van der Waals surface area contributed by atoms with Gasteiger partial charge in [0.25, 0.3) is 5.91 Å². The van der Waals surface area contributed by atoms with Gasteiger partial charge < -0.3 is 10.2 Å². The van der Waals surface area contributed by atoms with Crippen LogP contribution in [-0.2, 0) is 0 Å². The van der Waals surface area contributed by atoms with E-state index in [9.17, 15) is 4.79 Å². The molecule has 0 spiro atoms. The third-order valence-electron chi connectivity index (χ3n) is 6.57. The van der Waals surface area contributed by atoms with Crippen LogP contribution in [0.1, 0.15) is 107 Å². The van der Waals surface area contributed by atoms with E-state index in [1.54, 1.807) is 6.92 Å². The van der Waals surface area contributed by atoms with E-state index in [1.807, 2.05) is 0 Å². The summed E-state index contributed by atoms with van der Waals surface area (Å²) in [6.07, 6.45) is 10.3. The van der Waals surface area contributed by atoms with Crippen LogP contribution < -0.4 is 5.73 Å². The number of rotatable bonds is 2. The highest BCUT2D eigenvalue weighted by Gasteiger charge is 2.33. The Labute approximate surface area is 153 Å². The van der Waals surface area contributed by atoms with Gasteiger partial charge in [0, 0.05) is 5.92 Å². The zero-order valence-electron chi connectivity index (χ0n) is 16.7. The van der Waals surface area contributed by atoms with Crippen molar-refractivity contribution in [2.24, 2.45) is 23.0 Å². The van der Waals surface area contributed by atoms with E-state index in [0.29, 0.717) is 23.0 Å². The molecular weight excluding hydrogens is 312 g/mol. The lowest BCUT2D eigenvalue weighted by Crippen LogP contribution is -2.31. The Hall–Kier alpha value is -1.32. The van der Waals surface area contributed by atoms with Crippen molar-refractivity contribution in [2.75, 3.05) is 0 Å². The summed E-state index contributed by atoms with van der Waals surface area (Å²) in [4.78, 5) is 15.2. The van der Waals surface area contributed by atoms with Crippen LogP contribution in [0.4, 0.5) is 0 Å². The third kappa shape index (κ3) is 5.08. The molecule has 0 saturated heterocycles. The Kier molecular flexibility index (Phi) is 6.70. The Morgan fingerprint density at radius 1 is 1.12 bits per heavy atom. The number of nitrogens with two attached hydrogens (primary N) is 1. The minimum absolute atomic E-state index is 0.288. The van der Waals surface area contributed by atoms with Gasteiger partial charge in [0.2, 0.25) is 0 Å². The van der Waals surface area contributed by atoms with Crippen molar-refractivity contribution in [2.45, 2.75) is 91.9 Å². The maximum atomic E-state index is 11.0. The molecule has 2 saturated carbocycles. The summed E-state index contributed by atoms with van der Waals surface area (Å²) in [5.41, 5.74) is 6.09. The van der Waals surface area contributed by atoms with Crippen molar-refractivity contribution in [3.63, 3.8) is 0 Å². The zero-order valence-corrected chi connectivity index (χ0v) is 16.7. The summed E-state index contributed by atoms with van der Waals surface area (Å²) < 4.78 is 5.50. The molecule has 1 aromatic rings. The Balaban J connectivity index is 0.000000196. The lowest BCUT2D eigenvalue weighted by molar-refractivity contribution is 0.0992. The third-order valence-corrected chi connectivity index (χ3v) is 6.57. The monoisotopic (exact) mass is 348 g/mol. The van der Waals surface area contributed by atoms with Crippen molar-refractivity contribution in [3.05, 3.63) is 17.3 Å². The van der Waals surface area contributed by atoms with Crippen LogP contribution in [0, 0.1) is 24.2 Å². The molecule has 2 atom stereocenters. The van der Waals surface area contributed by atoms with E-state index in [2.05, 4.69) is 32.7 Å². The first kappa shape index (κ1) is 20.0. The lowest BCUT2D eigenvalue weighted by Gasteiger charge is -2.40. The lowest BCUT2D eigenvalue weighted by atomic mass is 9.65. The fourth-order valence-corrected chi connectivity index (χ4v) is 4.30. The van der Waals surface area contributed by atoms with Crippen molar-refractivity contribution < 1.29 is 9.21 Å². The summed E-state index contributed by atoms with van der Waals surface area (Å²) in [6.45, 7) is 11.4. The van der Waals surface area contributed by atoms with Gasteiger partial charge in [0.1, 0.15) is 5.76 Å². The predicted molar refractivity (Wildman–Crippen MR) is 102 cm³/mol. The number of hydrogen-bond donors (Lipinski definition) is 1.